The lowest BCUT2D eigenvalue weighted by molar-refractivity contribution is -0.0712. The van der Waals surface area contributed by atoms with Crippen LogP contribution in [-0.2, 0) is 0 Å². The largest absolute Gasteiger partial charge is 0.480 e. The van der Waals surface area contributed by atoms with E-state index in [1.807, 2.05) is 0 Å². The maximum absolute atomic E-state index is 13.7. The first kappa shape index (κ1) is 17.3. The van der Waals surface area contributed by atoms with Gasteiger partial charge in [0.2, 0.25) is 11.6 Å². The summed E-state index contributed by atoms with van der Waals surface area (Å²) in [5.41, 5.74) is 0.645. The number of nitrogens with zero attached hydrogens (tertiary/aromatic N) is 5. The number of aliphatic hydroxyl groups is 1. The molecule has 3 aromatic heterocycles. The Kier molecular flexibility index (Phi) is 4.02. The van der Waals surface area contributed by atoms with Crippen LogP contribution >= 0.6 is 0 Å². The summed E-state index contributed by atoms with van der Waals surface area (Å²) in [5, 5.41) is 9.98. The first-order valence-electron chi connectivity index (χ1n) is 7.93. The summed E-state index contributed by atoms with van der Waals surface area (Å²) in [6, 6.07) is 1.72. The Balaban J connectivity index is 1.78. The van der Waals surface area contributed by atoms with Crippen LogP contribution in [0.3, 0.4) is 0 Å². The third kappa shape index (κ3) is 2.89. The maximum atomic E-state index is 13.7. The summed E-state index contributed by atoms with van der Waals surface area (Å²) in [4.78, 5) is 17.6. The molecule has 1 atom stereocenters. The molecule has 1 aliphatic heterocycles. The second kappa shape index (κ2) is 6.27. The van der Waals surface area contributed by atoms with Gasteiger partial charge in [-0.3, -0.25) is 0 Å². The molecular weight excluding hydrogens is 364 g/mol. The van der Waals surface area contributed by atoms with Crippen molar-refractivity contribution in [3.63, 3.8) is 0 Å². The van der Waals surface area contributed by atoms with Crippen molar-refractivity contribution in [2.75, 3.05) is 32.2 Å². The molecule has 1 fully saturated rings. The molecule has 1 aliphatic rings. The molecule has 0 radical (unpaired) electrons. The molecule has 9 nitrogen and oxygen atoms in total. The average Bonchev–Trinajstić information content (AvgIpc) is 3.21. The number of rotatable bonds is 4. The van der Waals surface area contributed by atoms with Crippen molar-refractivity contribution in [2.24, 2.45) is 0 Å². The molecule has 0 amide bonds. The molecule has 4 rings (SSSR count). The summed E-state index contributed by atoms with van der Waals surface area (Å²) < 4.78 is 43.3. The molecular formula is C16H15F2N5O4. The minimum Gasteiger partial charge on any atom is -0.480 e. The number of hydrogen-bond donors (Lipinski definition) is 1. The van der Waals surface area contributed by atoms with Crippen molar-refractivity contribution in [3.8, 4) is 23.2 Å². The number of furan rings is 1. The van der Waals surface area contributed by atoms with Crippen molar-refractivity contribution in [2.45, 2.75) is 12.0 Å². The van der Waals surface area contributed by atoms with Crippen LogP contribution < -0.4 is 14.4 Å². The van der Waals surface area contributed by atoms with E-state index in [4.69, 9.17) is 13.9 Å². The lowest BCUT2D eigenvalue weighted by atomic mass is 10.2. The minimum atomic E-state index is -3.21. The highest BCUT2D eigenvalue weighted by Crippen LogP contribution is 2.38. The Hall–Kier alpha value is -3.08. The van der Waals surface area contributed by atoms with Crippen LogP contribution in [0.2, 0.25) is 0 Å². The van der Waals surface area contributed by atoms with Gasteiger partial charge in [0, 0.05) is 6.20 Å². The predicted molar refractivity (Wildman–Crippen MR) is 89.1 cm³/mol. The van der Waals surface area contributed by atoms with Crippen LogP contribution in [0.5, 0.6) is 11.9 Å². The quantitative estimate of drug-likeness (QED) is 0.722. The second-order valence-corrected chi connectivity index (χ2v) is 5.96. The molecule has 1 saturated heterocycles. The standard InChI is InChI=1S/C16H15F2N5O4/c1-25-14-9(4-19-15(22-14)26-2)10-3-8-12(20-7-21-13(8)27-10)23-5-11(24)16(17,18)6-23/h3-4,7,11,24H,5-6H2,1-2H3. The SMILES string of the molecule is COc1ncc(-c2cc3c(N4CC(O)C(F)(F)C4)ncnc3o2)c(OC)n1. The van der Waals surface area contributed by atoms with E-state index in [1.54, 1.807) is 6.07 Å². The molecule has 1 unspecified atom stereocenters. The van der Waals surface area contributed by atoms with Gasteiger partial charge in [0.1, 0.15) is 24.0 Å². The first-order valence-corrected chi connectivity index (χ1v) is 7.93. The van der Waals surface area contributed by atoms with Gasteiger partial charge < -0.3 is 23.9 Å². The lowest BCUT2D eigenvalue weighted by Crippen LogP contribution is -2.31. The van der Waals surface area contributed by atoms with Crippen LogP contribution in [0, 0.1) is 0 Å². The summed E-state index contributed by atoms with van der Waals surface area (Å²) in [5.74, 6) is -2.41. The van der Waals surface area contributed by atoms with E-state index in [9.17, 15) is 13.9 Å². The average molecular weight is 379 g/mol. The lowest BCUT2D eigenvalue weighted by Gasteiger charge is -2.16. The van der Waals surface area contributed by atoms with E-state index in [2.05, 4.69) is 19.9 Å². The number of halogens is 2. The summed E-state index contributed by atoms with van der Waals surface area (Å²) >= 11 is 0. The van der Waals surface area contributed by atoms with E-state index in [0.29, 0.717) is 16.7 Å². The number of anilines is 1. The topological polar surface area (TPSA) is 107 Å². The highest BCUT2D eigenvalue weighted by Gasteiger charge is 2.48. The second-order valence-electron chi connectivity index (χ2n) is 5.96. The van der Waals surface area contributed by atoms with E-state index < -0.39 is 18.6 Å². The number of alkyl halides is 2. The highest BCUT2D eigenvalue weighted by molar-refractivity contribution is 5.90. The van der Waals surface area contributed by atoms with Crippen molar-refractivity contribution in [3.05, 3.63) is 18.6 Å². The summed E-state index contributed by atoms with van der Waals surface area (Å²) in [6.07, 6.45) is 0.919. The number of ether oxygens (including phenoxy) is 2. The third-order valence-electron chi connectivity index (χ3n) is 4.26. The van der Waals surface area contributed by atoms with Crippen LogP contribution in [0.15, 0.2) is 23.0 Å². The normalized spacial score (nSPS) is 18.9. The van der Waals surface area contributed by atoms with E-state index in [1.165, 1.54) is 31.6 Å². The van der Waals surface area contributed by atoms with Gasteiger partial charge in [0.05, 0.1) is 38.3 Å². The first-order chi connectivity index (χ1) is 12.9. The van der Waals surface area contributed by atoms with Crippen molar-refractivity contribution in [1.82, 2.24) is 19.9 Å². The van der Waals surface area contributed by atoms with Gasteiger partial charge in [-0.05, 0) is 6.07 Å². The summed E-state index contributed by atoms with van der Waals surface area (Å²) in [7, 11) is 2.87. The van der Waals surface area contributed by atoms with Gasteiger partial charge >= 0.3 is 6.01 Å². The molecule has 3 aromatic rings. The van der Waals surface area contributed by atoms with Crippen molar-refractivity contribution < 1.29 is 27.8 Å². The number of hydrogen-bond acceptors (Lipinski definition) is 9. The fraction of sp³-hybridized carbons (Fsp3) is 0.375. The Morgan fingerprint density at radius 1 is 1.26 bits per heavy atom. The monoisotopic (exact) mass is 379 g/mol. The van der Waals surface area contributed by atoms with E-state index in [-0.39, 0.29) is 30.0 Å². The van der Waals surface area contributed by atoms with Crippen molar-refractivity contribution in [1.29, 1.82) is 0 Å². The molecule has 11 heteroatoms. The number of aliphatic hydroxyl groups excluding tert-OH is 1. The molecule has 0 aliphatic carbocycles. The van der Waals surface area contributed by atoms with Crippen molar-refractivity contribution >= 4 is 16.9 Å². The highest BCUT2D eigenvalue weighted by atomic mass is 19.3. The Morgan fingerprint density at radius 3 is 2.74 bits per heavy atom. The van der Waals surface area contributed by atoms with Crippen LogP contribution in [0.25, 0.3) is 22.4 Å². The minimum absolute atomic E-state index is 0.125. The fourth-order valence-electron chi connectivity index (χ4n) is 2.93. The zero-order valence-corrected chi connectivity index (χ0v) is 14.4. The number of β-amino-alcohol motifs (C(OH)–C–C–N with tert-alkyl or cyclic N) is 1. The van der Waals surface area contributed by atoms with Crippen LogP contribution in [-0.4, -0.2) is 64.4 Å². The van der Waals surface area contributed by atoms with Gasteiger partial charge in [-0.25, -0.2) is 23.7 Å². The van der Waals surface area contributed by atoms with Gasteiger partial charge in [-0.2, -0.15) is 4.98 Å². The molecule has 27 heavy (non-hydrogen) atoms. The number of aromatic nitrogens is 4. The van der Waals surface area contributed by atoms with Crippen LogP contribution in [0.1, 0.15) is 0 Å². The number of fused-ring (bicyclic) bond motifs is 1. The van der Waals surface area contributed by atoms with Gasteiger partial charge in [-0.15, -0.1) is 0 Å². The van der Waals surface area contributed by atoms with E-state index in [0.717, 1.165) is 0 Å². The Morgan fingerprint density at radius 2 is 2.07 bits per heavy atom. The molecule has 142 valence electrons. The van der Waals surface area contributed by atoms with Gasteiger partial charge in [-0.1, -0.05) is 0 Å². The molecule has 1 N–H and O–H groups in total. The number of methoxy groups -OCH3 is 2. The van der Waals surface area contributed by atoms with Gasteiger partial charge in [0.25, 0.3) is 5.92 Å². The molecule has 4 heterocycles. The predicted octanol–water partition coefficient (Wildman–Crippen LogP) is 1.51. The molecule has 0 spiro atoms. The fourth-order valence-corrected chi connectivity index (χ4v) is 2.93. The molecule has 0 aromatic carbocycles. The molecule has 0 bridgehead atoms. The zero-order chi connectivity index (χ0) is 19.2. The summed E-state index contributed by atoms with van der Waals surface area (Å²) in [6.45, 7) is -0.885. The Labute approximate surface area is 151 Å². The smallest absolute Gasteiger partial charge is 0.319 e. The van der Waals surface area contributed by atoms with Crippen LogP contribution in [0.4, 0.5) is 14.6 Å². The third-order valence-corrected chi connectivity index (χ3v) is 4.26. The maximum Gasteiger partial charge on any atom is 0.319 e. The Bertz CT molecular complexity index is 996. The van der Waals surface area contributed by atoms with E-state index >= 15 is 0 Å². The molecule has 0 saturated carbocycles. The zero-order valence-electron chi connectivity index (χ0n) is 14.4. The van der Waals surface area contributed by atoms with Gasteiger partial charge in [0.15, 0.2) is 0 Å².